The number of rotatable bonds is 0. The van der Waals surface area contributed by atoms with Crippen LogP contribution in [0.2, 0.25) is 0 Å². The number of ether oxygens (including phenoxy) is 2. The molecular formula is C5H5BrO2. The Kier molecular flexibility index (Phi) is 0.893. The van der Waals surface area contributed by atoms with Gasteiger partial charge >= 0.3 is 0 Å². The summed E-state index contributed by atoms with van der Waals surface area (Å²) in [5.74, 6) is 0.940. The van der Waals surface area contributed by atoms with Gasteiger partial charge in [0.05, 0.1) is 0 Å². The topological polar surface area (TPSA) is 21.8 Å². The van der Waals surface area contributed by atoms with Crippen molar-refractivity contribution in [3.63, 3.8) is 0 Å². The van der Waals surface area contributed by atoms with E-state index in [1.54, 1.807) is 4.99 Å². The molecule has 0 N–H and O–H groups in total. The summed E-state index contributed by atoms with van der Waals surface area (Å²) in [6.07, 6.45) is 0.660. The van der Waals surface area contributed by atoms with Gasteiger partial charge in [0.2, 0.25) is 0 Å². The Balaban J connectivity index is 2.17. The molecule has 2 atom stereocenters. The predicted molar refractivity (Wildman–Crippen MR) is 31.6 cm³/mol. The highest BCUT2D eigenvalue weighted by Crippen LogP contribution is 2.37. The van der Waals surface area contributed by atoms with Crippen molar-refractivity contribution in [2.45, 2.75) is 12.2 Å². The molecule has 0 radical (unpaired) electrons. The molecule has 2 aliphatic rings. The lowest BCUT2D eigenvalue weighted by atomic mass is 10.3. The number of fused-ring (bicyclic) bond motifs is 1. The second kappa shape index (κ2) is 1.48. The summed E-state index contributed by atoms with van der Waals surface area (Å²) in [5, 5.41) is 0. The second-order valence-corrected chi connectivity index (χ2v) is 2.38. The Morgan fingerprint density at radius 3 is 2.88 bits per heavy atom. The summed E-state index contributed by atoms with van der Waals surface area (Å²) in [4.78, 5) is 1.78. The Hall–Kier alpha value is -0.0200. The average molecular weight is 177 g/mol. The standard InChI is InChI=1S/C5H5BrO2/c6-1-3-5-4(8-5)2-7-3/h1,4-5H,2H2/b3-1-/t4-,5+/m1/s1. The van der Waals surface area contributed by atoms with Gasteiger partial charge in [0, 0.05) is 4.99 Å². The van der Waals surface area contributed by atoms with Crippen molar-refractivity contribution in [3.05, 3.63) is 10.7 Å². The molecular weight excluding hydrogens is 172 g/mol. The Labute approximate surface area is 55.6 Å². The summed E-state index contributed by atoms with van der Waals surface area (Å²) in [7, 11) is 0. The number of halogens is 1. The minimum absolute atomic E-state index is 0.286. The normalized spacial score (nSPS) is 46.4. The van der Waals surface area contributed by atoms with E-state index in [1.165, 1.54) is 0 Å². The summed E-state index contributed by atoms with van der Waals surface area (Å²) >= 11 is 3.18. The van der Waals surface area contributed by atoms with Gasteiger partial charge in [-0.05, 0) is 0 Å². The van der Waals surface area contributed by atoms with Crippen LogP contribution in [0, 0.1) is 0 Å². The molecule has 0 spiro atoms. The van der Waals surface area contributed by atoms with Gasteiger partial charge < -0.3 is 9.47 Å². The molecule has 2 heterocycles. The molecule has 2 rings (SSSR count). The Morgan fingerprint density at radius 2 is 2.62 bits per heavy atom. The third-order valence-corrected chi connectivity index (χ3v) is 1.84. The summed E-state index contributed by atoms with van der Waals surface area (Å²) < 4.78 is 10.3. The monoisotopic (exact) mass is 176 g/mol. The van der Waals surface area contributed by atoms with Gasteiger partial charge in [0.1, 0.15) is 24.6 Å². The fraction of sp³-hybridized carbons (Fsp3) is 0.600. The third-order valence-electron chi connectivity index (χ3n) is 1.38. The first-order valence-electron chi connectivity index (χ1n) is 2.50. The van der Waals surface area contributed by atoms with Gasteiger partial charge in [-0.25, -0.2) is 0 Å². The molecule has 8 heavy (non-hydrogen) atoms. The summed E-state index contributed by atoms with van der Waals surface area (Å²) in [6.45, 7) is 0.738. The van der Waals surface area contributed by atoms with Crippen molar-refractivity contribution in [2.24, 2.45) is 0 Å². The number of hydrogen-bond donors (Lipinski definition) is 0. The molecule has 2 nitrogen and oxygen atoms in total. The van der Waals surface area contributed by atoms with E-state index >= 15 is 0 Å². The predicted octanol–water partition coefficient (Wildman–Crippen LogP) is 1.02. The first-order chi connectivity index (χ1) is 3.92. The molecule has 0 aromatic heterocycles. The minimum atomic E-state index is 0.286. The van der Waals surface area contributed by atoms with Crippen molar-refractivity contribution in [3.8, 4) is 0 Å². The van der Waals surface area contributed by atoms with E-state index in [2.05, 4.69) is 15.9 Å². The third kappa shape index (κ3) is 0.514. The van der Waals surface area contributed by atoms with Gasteiger partial charge in [-0.15, -0.1) is 0 Å². The fourth-order valence-electron chi connectivity index (χ4n) is 0.874. The van der Waals surface area contributed by atoms with Gasteiger partial charge in [0.15, 0.2) is 0 Å². The Bertz CT molecular complexity index is 143. The van der Waals surface area contributed by atoms with Gasteiger partial charge in [-0.2, -0.15) is 0 Å². The van der Waals surface area contributed by atoms with E-state index < -0.39 is 0 Å². The van der Waals surface area contributed by atoms with Gasteiger partial charge in [-0.3, -0.25) is 0 Å². The van der Waals surface area contributed by atoms with E-state index in [0.29, 0.717) is 6.10 Å². The zero-order valence-electron chi connectivity index (χ0n) is 4.13. The van der Waals surface area contributed by atoms with Gasteiger partial charge in [0.25, 0.3) is 0 Å². The SMILES string of the molecule is Br/C=C1\OC[C@H]2O[C@@H]12. The van der Waals surface area contributed by atoms with Crippen LogP contribution < -0.4 is 0 Å². The van der Waals surface area contributed by atoms with Crippen LogP contribution >= 0.6 is 15.9 Å². The van der Waals surface area contributed by atoms with Crippen molar-refractivity contribution in [1.82, 2.24) is 0 Å². The molecule has 2 saturated heterocycles. The minimum Gasteiger partial charge on any atom is -0.492 e. The smallest absolute Gasteiger partial charge is 0.145 e. The summed E-state index contributed by atoms with van der Waals surface area (Å²) in [5.41, 5.74) is 0. The lowest BCUT2D eigenvalue weighted by Crippen LogP contribution is -1.90. The van der Waals surface area contributed by atoms with Crippen LogP contribution in [-0.2, 0) is 9.47 Å². The van der Waals surface area contributed by atoms with E-state index in [0.717, 1.165) is 12.4 Å². The molecule has 0 bridgehead atoms. The molecule has 44 valence electrons. The molecule has 3 heteroatoms. The first kappa shape index (κ1) is 4.82. The van der Waals surface area contributed by atoms with Crippen LogP contribution in [-0.4, -0.2) is 18.8 Å². The quantitative estimate of drug-likeness (QED) is 0.515. The summed E-state index contributed by atoms with van der Waals surface area (Å²) in [6, 6.07) is 0. The van der Waals surface area contributed by atoms with Crippen LogP contribution in [0.3, 0.4) is 0 Å². The van der Waals surface area contributed by atoms with E-state index in [1.807, 2.05) is 0 Å². The van der Waals surface area contributed by atoms with Crippen molar-refractivity contribution in [2.75, 3.05) is 6.61 Å². The Morgan fingerprint density at radius 1 is 1.75 bits per heavy atom. The highest BCUT2D eigenvalue weighted by Gasteiger charge is 2.49. The molecule has 0 unspecified atom stereocenters. The van der Waals surface area contributed by atoms with E-state index in [4.69, 9.17) is 9.47 Å². The van der Waals surface area contributed by atoms with Crippen LogP contribution in [0.4, 0.5) is 0 Å². The maximum atomic E-state index is 5.15. The van der Waals surface area contributed by atoms with Crippen LogP contribution in [0.5, 0.6) is 0 Å². The molecule has 0 aromatic rings. The number of epoxide rings is 1. The number of hydrogen-bond acceptors (Lipinski definition) is 2. The largest absolute Gasteiger partial charge is 0.492 e. The zero-order valence-corrected chi connectivity index (χ0v) is 5.72. The fourth-order valence-corrected chi connectivity index (χ4v) is 1.27. The lowest BCUT2D eigenvalue weighted by molar-refractivity contribution is 0.157. The molecule has 0 saturated carbocycles. The molecule has 2 aliphatic heterocycles. The van der Waals surface area contributed by atoms with Crippen molar-refractivity contribution in [1.29, 1.82) is 0 Å². The average Bonchev–Trinajstić information content (AvgIpc) is 2.46. The molecule has 0 aliphatic carbocycles. The van der Waals surface area contributed by atoms with Crippen LogP contribution in [0.25, 0.3) is 0 Å². The highest BCUT2D eigenvalue weighted by molar-refractivity contribution is 9.11. The van der Waals surface area contributed by atoms with Crippen molar-refractivity contribution < 1.29 is 9.47 Å². The molecule has 2 fully saturated rings. The maximum absolute atomic E-state index is 5.15. The van der Waals surface area contributed by atoms with E-state index in [9.17, 15) is 0 Å². The molecule has 0 aromatic carbocycles. The van der Waals surface area contributed by atoms with Crippen LogP contribution in [0.1, 0.15) is 0 Å². The first-order valence-corrected chi connectivity index (χ1v) is 3.42. The van der Waals surface area contributed by atoms with E-state index in [-0.39, 0.29) is 6.10 Å². The van der Waals surface area contributed by atoms with Crippen LogP contribution in [0.15, 0.2) is 10.7 Å². The highest BCUT2D eigenvalue weighted by atomic mass is 79.9. The maximum Gasteiger partial charge on any atom is 0.145 e. The molecule has 0 amide bonds. The second-order valence-electron chi connectivity index (χ2n) is 1.92. The van der Waals surface area contributed by atoms with Crippen molar-refractivity contribution >= 4 is 15.9 Å². The van der Waals surface area contributed by atoms with Gasteiger partial charge in [-0.1, -0.05) is 15.9 Å². The zero-order chi connectivity index (χ0) is 5.56. The lowest BCUT2D eigenvalue weighted by Gasteiger charge is -1.96.